The first-order valence-corrected chi connectivity index (χ1v) is 12.2. The Morgan fingerprint density at radius 1 is 0.444 bits per heavy atom. The lowest BCUT2D eigenvalue weighted by molar-refractivity contribution is 0.669. The van der Waals surface area contributed by atoms with Crippen LogP contribution in [0.4, 0.5) is 17.1 Å². The highest BCUT2D eigenvalue weighted by atomic mass is 16.3. The largest absolute Gasteiger partial charge is 0.454 e. The number of furan rings is 1. The molecule has 0 amide bonds. The average Bonchev–Trinajstić information content (AvgIpc) is 3.35. The normalized spacial score (nSPS) is 11.3. The summed E-state index contributed by atoms with van der Waals surface area (Å²) in [7, 11) is 0. The second-order valence-electron chi connectivity index (χ2n) is 9.00. The van der Waals surface area contributed by atoms with Crippen LogP contribution in [0.3, 0.4) is 0 Å². The number of nitrogens with zero attached hydrogens (tertiary/aromatic N) is 1. The van der Waals surface area contributed by atoms with Gasteiger partial charge in [0.25, 0.3) is 0 Å². The molecular weight excluding hydrogens is 438 g/mol. The van der Waals surface area contributed by atoms with Gasteiger partial charge >= 0.3 is 0 Å². The molecule has 0 aliphatic carbocycles. The summed E-state index contributed by atoms with van der Waals surface area (Å²) in [6.45, 7) is 0. The standard InChI is InChI=1S/C34H23NO/c1-3-10-24(11-4-1)25-18-21-28(22-19-25)35(27-13-5-2-6-14-27)31-17-9-16-30-33-29-15-8-7-12-26(29)20-23-32(33)36-34(30)31/h1-23H. The molecule has 2 nitrogen and oxygen atoms in total. The van der Waals surface area contributed by atoms with Crippen molar-refractivity contribution < 1.29 is 4.42 Å². The lowest BCUT2D eigenvalue weighted by atomic mass is 10.0. The van der Waals surface area contributed by atoms with E-state index in [9.17, 15) is 0 Å². The van der Waals surface area contributed by atoms with Crippen LogP contribution in [0.15, 0.2) is 144 Å². The summed E-state index contributed by atoms with van der Waals surface area (Å²) in [4.78, 5) is 2.28. The van der Waals surface area contributed by atoms with Crippen molar-refractivity contribution in [1.29, 1.82) is 0 Å². The van der Waals surface area contributed by atoms with Gasteiger partial charge in [-0.2, -0.15) is 0 Å². The van der Waals surface area contributed by atoms with Crippen LogP contribution in [-0.4, -0.2) is 0 Å². The van der Waals surface area contributed by atoms with Gasteiger partial charge in [0, 0.05) is 22.1 Å². The topological polar surface area (TPSA) is 16.4 Å². The van der Waals surface area contributed by atoms with Gasteiger partial charge in [-0.3, -0.25) is 0 Å². The molecule has 0 aliphatic rings. The van der Waals surface area contributed by atoms with Crippen LogP contribution < -0.4 is 4.90 Å². The second-order valence-corrected chi connectivity index (χ2v) is 9.00. The smallest absolute Gasteiger partial charge is 0.159 e. The number of benzene rings is 6. The lowest BCUT2D eigenvalue weighted by Gasteiger charge is -2.25. The fraction of sp³-hybridized carbons (Fsp3) is 0. The Bertz CT molecular complexity index is 1820. The summed E-state index contributed by atoms with van der Waals surface area (Å²) in [5, 5.41) is 4.72. The fourth-order valence-electron chi connectivity index (χ4n) is 5.17. The van der Waals surface area contributed by atoms with E-state index in [4.69, 9.17) is 4.42 Å². The van der Waals surface area contributed by atoms with Gasteiger partial charge < -0.3 is 9.32 Å². The van der Waals surface area contributed by atoms with E-state index < -0.39 is 0 Å². The highest BCUT2D eigenvalue weighted by molar-refractivity contribution is 6.20. The monoisotopic (exact) mass is 461 g/mol. The molecule has 0 atom stereocenters. The number of anilines is 3. The van der Waals surface area contributed by atoms with Gasteiger partial charge in [0.2, 0.25) is 0 Å². The van der Waals surface area contributed by atoms with Crippen LogP contribution in [0, 0.1) is 0 Å². The van der Waals surface area contributed by atoms with E-state index >= 15 is 0 Å². The van der Waals surface area contributed by atoms with Crippen molar-refractivity contribution in [3.63, 3.8) is 0 Å². The number of hydrogen-bond acceptors (Lipinski definition) is 2. The summed E-state index contributed by atoms with van der Waals surface area (Å²) in [6.07, 6.45) is 0. The summed E-state index contributed by atoms with van der Waals surface area (Å²) >= 11 is 0. The van der Waals surface area contributed by atoms with Crippen molar-refractivity contribution in [2.75, 3.05) is 4.90 Å². The molecule has 0 bridgehead atoms. The molecule has 2 heteroatoms. The first kappa shape index (κ1) is 20.5. The average molecular weight is 462 g/mol. The molecule has 7 aromatic rings. The van der Waals surface area contributed by atoms with E-state index in [-0.39, 0.29) is 0 Å². The fourth-order valence-corrected chi connectivity index (χ4v) is 5.17. The molecule has 170 valence electrons. The van der Waals surface area contributed by atoms with Gasteiger partial charge in [0.15, 0.2) is 5.58 Å². The minimum absolute atomic E-state index is 0.889. The third-order valence-electron chi connectivity index (χ3n) is 6.85. The Morgan fingerprint density at radius 3 is 1.89 bits per heavy atom. The SMILES string of the molecule is c1ccc(-c2ccc(N(c3ccccc3)c3cccc4c3oc3ccc5ccccc5c34)cc2)cc1. The summed E-state index contributed by atoms with van der Waals surface area (Å²) < 4.78 is 6.57. The Morgan fingerprint density at radius 2 is 1.08 bits per heavy atom. The van der Waals surface area contributed by atoms with Gasteiger partial charge in [-0.1, -0.05) is 103 Å². The van der Waals surface area contributed by atoms with Crippen LogP contribution in [0.25, 0.3) is 43.8 Å². The van der Waals surface area contributed by atoms with Gasteiger partial charge in [0.05, 0.1) is 5.69 Å². The van der Waals surface area contributed by atoms with E-state index in [2.05, 4.69) is 132 Å². The zero-order valence-corrected chi connectivity index (χ0v) is 19.6. The molecular formula is C34H23NO. The molecule has 0 radical (unpaired) electrons. The number of fused-ring (bicyclic) bond motifs is 5. The molecule has 1 heterocycles. The van der Waals surface area contributed by atoms with E-state index in [1.54, 1.807) is 0 Å². The van der Waals surface area contributed by atoms with E-state index in [1.807, 2.05) is 12.1 Å². The van der Waals surface area contributed by atoms with Crippen LogP contribution in [0.1, 0.15) is 0 Å². The zero-order valence-electron chi connectivity index (χ0n) is 19.6. The van der Waals surface area contributed by atoms with E-state index in [0.29, 0.717) is 0 Å². The van der Waals surface area contributed by atoms with Crippen molar-refractivity contribution in [2.45, 2.75) is 0 Å². The third kappa shape index (κ3) is 3.35. The summed E-state index contributed by atoms with van der Waals surface area (Å²) in [5.41, 5.74) is 7.39. The van der Waals surface area contributed by atoms with Gasteiger partial charge in [-0.05, 0) is 58.3 Å². The lowest BCUT2D eigenvalue weighted by Crippen LogP contribution is -2.10. The summed E-state index contributed by atoms with van der Waals surface area (Å²) in [5.74, 6) is 0. The highest BCUT2D eigenvalue weighted by Gasteiger charge is 2.20. The first-order chi connectivity index (χ1) is 17.9. The Hall–Kier alpha value is -4.82. The number of rotatable bonds is 4. The molecule has 36 heavy (non-hydrogen) atoms. The van der Waals surface area contributed by atoms with Crippen molar-refractivity contribution in [3.8, 4) is 11.1 Å². The zero-order chi connectivity index (χ0) is 23.9. The maximum atomic E-state index is 6.57. The van der Waals surface area contributed by atoms with Gasteiger partial charge in [-0.25, -0.2) is 0 Å². The second kappa shape index (κ2) is 8.44. The van der Waals surface area contributed by atoms with Crippen molar-refractivity contribution in [1.82, 2.24) is 0 Å². The summed E-state index contributed by atoms with van der Waals surface area (Å²) in [6, 6.07) is 48.9. The molecule has 0 spiro atoms. The van der Waals surface area contributed by atoms with Crippen LogP contribution in [-0.2, 0) is 0 Å². The predicted molar refractivity (Wildman–Crippen MR) is 151 cm³/mol. The molecule has 0 fully saturated rings. The predicted octanol–water partition coefficient (Wildman–Crippen LogP) is 9.88. The number of hydrogen-bond donors (Lipinski definition) is 0. The number of para-hydroxylation sites is 2. The van der Waals surface area contributed by atoms with Crippen molar-refractivity contribution in [2.24, 2.45) is 0 Å². The third-order valence-corrected chi connectivity index (χ3v) is 6.85. The molecule has 0 aliphatic heterocycles. The molecule has 0 unspecified atom stereocenters. The Balaban J connectivity index is 1.45. The minimum Gasteiger partial charge on any atom is -0.454 e. The van der Waals surface area contributed by atoms with Crippen molar-refractivity contribution >= 4 is 49.8 Å². The maximum Gasteiger partial charge on any atom is 0.159 e. The molecule has 0 N–H and O–H groups in total. The maximum absolute atomic E-state index is 6.57. The van der Waals surface area contributed by atoms with E-state index in [0.717, 1.165) is 39.0 Å². The van der Waals surface area contributed by atoms with Gasteiger partial charge in [0.1, 0.15) is 5.58 Å². The Kier molecular flexibility index (Phi) is 4.82. The molecule has 6 aromatic carbocycles. The van der Waals surface area contributed by atoms with Gasteiger partial charge in [-0.15, -0.1) is 0 Å². The highest BCUT2D eigenvalue weighted by Crippen LogP contribution is 2.43. The minimum atomic E-state index is 0.889. The van der Waals surface area contributed by atoms with Crippen molar-refractivity contribution in [3.05, 3.63) is 140 Å². The van der Waals surface area contributed by atoms with Crippen LogP contribution in [0.2, 0.25) is 0 Å². The quantitative estimate of drug-likeness (QED) is 0.259. The Labute approximate surface area is 209 Å². The van der Waals surface area contributed by atoms with Crippen LogP contribution in [0.5, 0.6) is 0 Å². The van der Waals surface area contributed by atoms with Crippen LogP contribution >= 0.6 is 0 Å². The molecule has 0 saturated heterocycles. The molecule has 7 rings (SSSR count). The van der Waals surface area contributed by atoms with E-state index in [1.165, 1.54) is 21.9 Å². The molecule has 1 aromatic heterocycles. The molecule has 0 saturated carbocycles. The first-order valence-electron chi connectivity index (χ1n) is 12.2.